The van der Waals surface area contributed by atoms with Crippen LogP contribution in [-0.4, -0.2) is 27.1 Å². The fourth-order valence-electron chi connectivity index (χ4n) is 1.36. The lowest BCUT2D eigenvalue weighted by Crippen LogP contribution is -2.00. The smallest absolute Gasteiger partial charge is 0.335 e. The number of carbonyl (C=O) groups is 2. The van der Waals surface area contributed by atoms with Crippen LogP contribution >= 0.6 is 15.9 Å². The van der Waals surface area contributed by atoms with Gasteiger partial charge in [0.15, 0.2) is 6.29 Å². The van der Waals surface area contributed by atoms with Gasteiger partial charge in [0, 0.05) is 6.20 Å². The van der Waals surface area contributed by atoms with E-state index in [0.29, 0.717) is 22.1 Å². The lowest BCUT2D eigenvalue weighted by atomic mass is 10.2. The Hall–Kier alpha value is -1.95. The summed E-state index contributed by atoms with van der Waals surface area (Å²) in [5, 5.41) is 12.9. The van der Waals surface area contributed by atoms with Crippen LogP contribution in [0.4, 0.5) is 0 Å². The Morgan fingerprint density at radius 2 is 2.24 bits per heavy atom. The van der Waals surface area contributed by atoms with Gasteiger partial charge in [-0.1, -0.05) is 6.07 Å². The first-order valence-electron chi connectivity index (χ1n) is 4.66. The Morgan fingerprint density at radius 3 is 2.82 bits per heavy atom. The van der Waals surface area contributed by atoms with Crippen molar-refractivity contribution in [3.63, 3.8) is 0 Å². The monoisotopic (exact) mass is 294 g/mol. The van der Waals surface area contributed by atoms with Crippen molar-refractivity contribution in [2.75, 3.05) is 0 Å². The summed E-state index contributed by atoms with van der Waals surface area (Å²) in [6.45, 7) is 0. The molecule has 2 aromatic rings. The van der Waals surface area contributed by atoms with Crippen molar-refractivity contribution in [2.45, 2.75) is 0 Å². The van der Waals surface area contributed by atoms with Gasteiger partial charge in [-0.25, -0.2) is 9.48 Å². The number of rotatable bonds is 3. The minimum absolute atomic E-state index is 0.168. The van der Waals surface area contributed by atoms with Gasteiger partial charge < -0.3 is 5.11 Å². The van der Waals surface area contributed by atoms with Gasteiger partial charge in [0.05, 0.1) is 16.8 Å². The van der Waals surface area contributed by atoms with E-state index < -0.39 is 5.97 Å². The summed E-state index contributed by atoms with van der Waals surface area (Å²) in [6.07, 6.45) is 2.20. The summed E-state index contributed by atoms with van der Waals surface area (Å²) in [7, 11) is 0. The predicted octanol–water partition coefficient (Wildman–Crippen LogP) is 2.15. The summed E-state index contributed by atoms with van der Waals surface area (Å²) in [5.74, 6) is -1.01. The molecule has 0 aliphatic heterocycles. The molecule has 0 unspecified atom stereocenters. The topological polar surface area (TPSA) is 72.2 Å². The standard InChI is InChI=1S/C11H7BrN2O3/c12-10-8(6-15)5-14(13-10)9-3-1-2-7(4-9)11(16)17/h1-6H,(H,16,17). The fraction of sp³-hybridized carbons (Fsp3) is 0. The molecular formula is C11H7BrN2O3. The van der Waals surface area contributed by atoms with Crippen LogP contribution in [0.1, 0.15) is 20.7 Å². The number of carboxylic acid groups (broad SMARTS) is 1. The predicted molar refractivity (Wildman–Crippen MR) is 63.6 cm³/mol. The van der Waals surface area contributed by atoms with Gasteiger partial charge in [-0.15, -0.1) is 0 Å². The number of halogens is 1. The Balaban J connectivity index is 2.48. The number of nitrogens with zero attached hydrogens (tertiary/aromatic N) is 2. The molecule has 0 aliphatic carbocycles. The highest BCUT2D eigenvalue weighted by Crippen LogP contribution is 2.16. The number of aromatic carboxylic acids is 1. The fourth-order valence-corrected chi connectivity index (χ4v) is 1.73. The van der Waals surface area contributed by atoms with E-state index >= 15 is 0 Å². The molecule has 1 heterocycles. The molecule has 0 bridgehead atoms. The molecule has 6 heteroatoms. The molecule has 86 valence electrons. The summed E-state index contributed by atoms with van der Waals surface area (Å²) in [5.41, 5.74) is 1.16. The van der Waals surface area contributed by atoms with E-state index in [2.05, 4.69) is 21.0 Å². The Labute approximate surface area is 105 Å². The molecule has 17 heavy (non-hydrogen) atoms. The number of benzene rings is 1. The SMILES string of the molecule is O=Cc1cn(-c2cccc(C(=O)O)c2)nc1Br. The average Bonchev–Trinajstić information content (AvgIpc) is 2.71. The maximum atomic E-state index is 10.8. The summed E-state index contributed by atoms with van der Waals surface area (Å²) in [4.78, 5) is 21.5. The van der Waals surface area contributed by atoms with Crippen molar-refractivity contribution in [3.05, 3.63) is 46.2 Å². The van der Waals surface area contributed by atoms with E-state index in [1.165, 1.54) is 23.0 Å². The highest BCUT2D eigenvalue weighted by atomic mass is 79.9. The van der Waals surface area contributed by atoms with Gasteiger partial charge in [0.1, 0.15) is 4.60 Å². The van der Waals surface area contributed by atoms with Gasteiger partial charge in [-0.2, -0.15) is 5.10 Å². The first-order chi connectivity index (χ1) is 8.11. The first kappa shape index (κ1) is 11.5. The van der Waals surface area contributed by atoms with Crippen molar-refractivity contribution < 1.29 is 14.7 Å². The maximum Gasteiger partial charge on any atom is 0.335 e. The number of aldehydes is 1. The van der Waals surface area contributed by atoms with E-state index in [-0.39, 0.29) is 5.56 Å². The maximum absolute atomic E-state index is 10.8. The van der Waals surface area contributed by atoms with Gasteiger partial charge >= 0.3 is 5.97 Å². The van der Waals surface area contributed by atoms with Crippen LogP contribution in [0.3, 0.4) is 0 Å². The van der Waals surface area contributed by atoms with E-state index in [0.717, 1.165) is 0 Å². The van der Waals surface area contributed by atoms with Crippen LogP contribution in [0.25, 0.3) is 5.69 Å². The van der Waals surface area contributed by atoms with Crippen LogP contribution in [0.5, 0.6) is 0 Å². The molecule has 0 atom stereocenters. The van der Waals surface area contributed by atoms with E-state index in [9.17, 15) is 9.59 Å². The quantitative estimate of drug-likeness (QED) is 0.881. The summed E-state index contributed by atoms with van der Waals surface area (Å²) < 4.78 is 1.87. The van der Waals surface area contributed by atoms with Crippen molar-refractivity contribution in [1.29, 1.82) is 0 Å². The molecule has 0 spiro atoms. The zero-order valence-electron chi connectivity index (χ0n) is 8.50. The lowest BCUT2D eigenvalue weighted by molar-refractivity contribution is 0.0696. The van der Waals surface area contributed by atoms with Crippen LogP contribution in [0.2, 0.25) is 0 Å². The first-order valence-corrected chi connectivity index (χ1v) is 5.45. The second-order valence-electron chi connectivity index (χ2n) is 3.29. The van der Waals surface area contributed by atoms with Gasteiger partial charge in [-0.05, 0) is 34.1 Å². The molecule has 0 amide bonds. The normalized spacial score (nSPS) is 10.2. The van der Waals surface area contributed by atoms with Crippen molar-refractivity contribution in [2.24, 2.45) is 0 Å². The van der Waals surface area contributed by atoms with E-state index in [4.69, 9.17) is 5.11 Å². The van der Waals surface area contributed by atoms with E-state index in [1.54, 1.807) is 12.1 Å². The highest BCUT2D eigenvalue weighted by molar-refractivity contribution is 9.10. The number of hydrogen-bond acceptors (Lipinski definition) is 3. The van der Waals surface area contributed by atoms with Crippen molar-refractivity contribution in [1.82, 2.24) is 9.78 Å². The number of hydrogen-bond donors (Lipinski definition) is 1. The largest absolute Gasteiger partial charge is 0.478 e. The molecule has 0 radical (unpaired) electrons. The molecule has 0 saturated carbocycles. The minimum atomic E-state index is -1.01. The molecule has 0 fully saturated rings. The molecule has 1 N–H and O–H groups in total. The van der Waals surface area contributed by atoms with Gasteiger partial charge in [0.25, 0.3) is 0 Å². The molecular weight excluding hydrogens is 288 g/mol. The second kappa shape index (κ2) is 4.50. The summed E-state index contributed by atoms with van der Waals surface area (Å²) >= 11 is 3.14. The minimum Gasteiger partial charge on any atom is -0.478 e. The average molecular weight is 295 g/mol. The third kappa shape index (κ3) is 2.26. The van der Waals surface area contributed by atoms with Crippen LogP contribution in [0, 0.1) is 0 Å². The Kier molecular flexibility index (Phi) is 3.06. The zero-order chi connectivity index (χ0) is 12.4. The number of aromatic nitrogens is 2. The van der Waals surface area contributed by atoms with Crippen LogP contribution < -0.4 is 0 Å². The molecule has 5 nitrogen and oxygen atoms in total. The van der Waals surface area contributed by atoms with Crippen LogP contribution in [-0.2, 0) is 0 Å². The number of carbonyl (C=O) groups excluding carboxylic acids is 1. The van der Waals surface area contributed by atoms with Gasteiger partial charge in [0.2, 0.25) is 0 Å². The third-order valence-corrected chi connectivity index (χ3v) is 2.80. The Bertz CT molecular complexity index is 592. The lowest BCUT2D eigenvalue weighted by Gasteiger charge is -2.01. The number of carboxylic acids is 1. The Morgan fingerprint density at radius 1 is 1.47 bits per heavy atom. The second-order valence-corrected chi connectivity index (χ2v) is 4.04. The highest BCUT2D eigenvalue weighted by Gasteiger charge is 2.08. The molecule has 0 saturated heterocycles. The van der Waals surface area contributed by atoms with Gasteiger partial charge in [-0.3, -0.25) is 4.79 Å². The zero-order valence-corrected chi connectivity index (χ0v) is 10.1. The van der Waals surface area contributed by atoms with Crippen LogP contribution in [0.15, 0.2) is 35.1 Å². The summed E-state index contributed by atoms with van der Waals surface area (Å²) in [6, 6.07) is 6.30. The third-order valence-electron chi connectivity index (χ3n) is 2.18. The molecule has 1 aromatic carbocycles. The molecule has 1 aromatic heterocycles. The van der Waals surface area contributed by atoms with Crippen molar-refractivity contribution >= 4 is 28.2 Å². The molecule has 0 aliphatic rings. The molecule has 2 rings (SSSR count). The van der Waals surface area contributed by atoms with E-state index in [1.807, 2.05) is 0 Å². The van der Waals surface area contributed by atoms with Crippen molar-refractivity contribution in [3.8, 4) is 5.69 Å².